The van der Waals surface area contributed by atoms with E-state index in [0.29, 0.717) is 35.9 Å². The van der Waals surface area contributed by atoms with Crippen molar-refractivity contribution in [1.29, 1.82) is 0 Å². The van der Waals surface area contributed by atoms with Gasteiger partial charge in [0.1, 0.15) is 0 Å². The number of alkyl halides is 2. The molecule has 214 valence electrons. The standard InChI is InChI=1S/C29H36F2N6O3/c1-3-4-25(38)35-26(19-5-6-19)21-12-24-34-23(16-37(24)33-15-21)27(20-7-9-29(30,31)10-8-20)36-28(39)22-11-18(17-40-2)13-32-14-22/h11-16,19-20,26-27H,3-10,17H2,1-2H3,(H,35,38)(H,36,39)/t26-,27+/m1/s1. The van der Waals surface area contributed by atoms with Crippen molar-refractivity contribution in [3.63, 3.8) is 0 Å². The van der Waals surface area contributed by atoms with Gasteiger partial charge in [-0.3, -0.25) is 14.6 Å². The summed E-state index contributed by atoms with van der Waals surface area (Å²) in [5, 5.41) is 10.8. The average molecular weight is 555 g/mol. The fraction of sp³-hybridized carbons (Fsp3) is 0.552. The van der Waals surface area contributed by atoms with E-state index < -0.39 is 12.0 Å². The largest absolute Gasteiger partial charge is 0.380 e. The lowest BCUT2D eigenvalue weighted by Gasteiger charge is -2.33. The number of amides is 2. The highest BCUT2D eigenvalue weighted by Crippen LogP contribution is 2.42. The van der Waals surface area contributed by atoms with Gasteiger partial charge in [0.15, 0.2) is 5.65 Å². The van der Waals surface area contributed by atoms with Crippen molar-refractivity contribution < 1.29 is 23.1 Å². The Morgan fingerprint density at radius 1 is 1.07 bits per heavy atom. The third kappa shape index (κ3) is 6.63. The first-order valence-corrected chi connectivity index (χ1v) is 14.0. The van der Waals surface area contributed by atoms with Crippen LogP contribution in [-0.4, -0.2) is 44.4 Å². The van der Waals surface area contributed by atoms with Gasteiger partial charge in [0.25, 0.3) is 5.91 Å². The van der Waals surface area contributed by atoms with E-state index in [0.717, 1.165) is 30.4 Å². The van der Waals surface area contributed by atoms with E-state index in [1.165, 1.54) is 6.20 Å². The third-order valence-corrected chi connectivity index (χ3v) is 7.81. The molecule has 9 nitrogen and oxygen atoms in total. The maximum atomic E-state index is 14.0. The second kappa shape index (κ2) is 12.0. The van der Waals surface area contributed by atoms with E-state index in [4.69, 9.17) is 9.72 Å². The van der Waals surface area contributed by atoms with Crippen molar-refractivity contribution in [3.8, 4) is 0 Å². The Labute approximate surface area is 232 Å². The molecule has 2 atom stereocenters. The van der Waals surface area contributed by atoms with Crippen LogP contribution in [0.2, 0.25) is 0 Å². The third-order valence-electron chi connectivity index (χ3n) is 7.81. The van der Waals surface area contributed by atoms with Crippen molar-refractivity contribution in [2.45, 2.75) is 82.9 Å². The predicted octanol–water partition coefficient (Wildman–Crippen LogP) is 4.93. The van der Waals surface area contributed by atoms with Gasteiger partial charge in [-0.25, -0.2) is 18.3 Å². The van der Waals surface area contributed by atoms with Gasteiger partial charge in [0.05, 0.1) is 42.3 Å². The molecular weight excluding hydrogens is 518 g/mol. The minimum Gasteiger partial charge on any atom is -0.380 e. The van der Waals surface area contributed by atoms with Crippen LogP contribution in [0, 0.1) is 11.8 Å². The molecule has 2 saturated carbocycles. The van der Waals surface area contributed by atoms with Gasteiger partial charge in [-0.15, -0.1) is 0 Å². The van der Waals surface area contributed by atoms with E-state index >= 15 is 0 Å². The highest BCUT2D eigenvalue weighted by atomic mass is 19.3. The first-order valence-electron chi connectivity index (χ1n) is 14.0. The summed E-state index contributed by atoms with van der Waals surface area (Å²) in [6, 6.07) is 2.92. The van der Waals surface area contributed by atoms with E-state index in [9.17, 15) is 18.4 Å². The molecule has 3 heterocycles. The lowest BCUT2D eigenvalue weighted by atomic mass is 9.81. The molecule has 11 heteroatoms. The smallest absolute Gasteiger partial charge is 0.253 e. The van der Waals surface area contributed by atoms with E-state index in [1.54, 1.807) is 36.3 Å². The molecule has 2 aliphatic carbocycles. The second-order valence-electron chi connectivity index (χ2n) is 11.0. The SMILES string of the molecule is CCCC(=O)N[C@@H](c1cnn2cc([C@@H](NC(=O)c3cncc(COC)c3)C3CCC(F)(F)CC3)nc2c1)C1CC1. The molecule has 0 bridgehead atoms. The van der Waals surface area contributed by atoms with Crippen LogP contribution in [0.25, 0.3) is 5.65 Å². The molecule has 40 heavy (non-hydrogen) atoms. The number of aromatic nitrogens is 4. The van der Waals surface area contributed by atoms with E-state index in [-0.39, 0.29) is 49.5 Å². The molecule has 0 radical (unpaired) electrons. The summed E-state index contributed by atoms with van der Waals surface area (Å²) in [5.41, 5.74) is 3.14. The zero-order chi connectivity index (χ0) is 28.3. The molecule has 3 aromatic heterocycles. The van der Waals surface area contributed by atoms with Gasteiger partial charge < -0.3 is 15.4 Å². The van der Waals surface area contributed by atoms with Crippen LogP contribution in [0.5, 0.6) is 0 Å². The van der Waals surface area contributed by atoms with Gasteiger partial charge in [0, 0.05) is 38.8 Å². The number of halogens is 2. The molecule has 2 N–H and O–H groups in total. The van der Waals surface area contributed by atoms with Crippen molar-refractivity contribution in [2.24, 2.45) is 11.8 Å². The molecule has 0 unspecified atom stereocenters. The molecule has 2 fully saturated rings. The number of nitrogens with one attached hydrogen (secondary N) is 2. The number of hydrogen-bond donors (Lipinski definition) is 2. The van der Waals surface area contributed by atoms with Crippen LogP contribution in [-0.2, 0) is 16.1 Å². The topological polar surface area (TPSA) is 111 Å². The van der Waals surface area contributed by atoms with Gasteiger partial charge >= 0.3 is 0 Å². The predicted molar refractivity (Wildman–Crippen MR) is 144 cm³/mol. The number of ether oxygens (including phenoxy) is 1. The van der Waals surface area contributed by atoms with Crippen molar-refractivity contribution in [2.75, 3.05) is 7.11 Å². The highest BCUT2D eigenvalue weighted by molar-refractivity contribution is 5.94. The van der Waals surface area contributed by atoms with Crippen LogP contribution in [0.3, 0.4) is 0 Å². The van der Waals surface area contributed by atoms with Crippen molar-refractivity contribution in [1.82, 2.24) is 30.2 Å². The number of rotatable bonds is 11. The van der Waals surface area contributed by atoms with E-state index in [1.807, 2.05) is 13.0 Å². The summed E-state index contributed by atoms with van der Waals surface area (Å²) in [6.45, 7) is 2.29. The summed E-state index contributed by atoms with van der Waals surface area (Å²) in [5.74, 6) is -2.87. The normalized spacial score (nSPS) is 18.8. The van der Waals surface area contributed by atoms with Gasteiger partial charge in [-0.05, 0) is 67.2 Å². The van der Waals surface area contributed by atoms with Gasteiger partial charge in [-0.1, -0.05) is 6.92 Å². The number of pyridine rings is 1. The minimum absolute atomic E-state index is 0.0178. The first-order chi connectivity index (χ1) is 19.3. The second-order valence-corrected chi connectivity index (χ2v) is 11.0. The van der Waals surface area contributed by atoms with Crippen LogP contribution in [0.1, 0.15) is 97.6 Å². The van der Waals surface area contributed by atoms with E-state index in [2.05, 4.69) is 20.7 Å². The summed E-state index contributed by atoms with van der Waals surface area (Å²) in [6.07, 6.45) is 10.00. The Kier molecular flexibility index (Phi) is 8.39. The summed E-state index contributed by atoms with van der Waals surface area (Å²) >= 11 is 0. The number of carbonyl (C=O) groups is 2. The number of hydrogen-bond acceptors (Lipinski definition) is 6. The Morgan fingerprint density at radius 2 is 1.82 bits per heavy atom. The summed E-state index contributed by atoms with van der Waals surface area (Å²) in [4.78, 5) is 34.6. The molecule has 5 rings (SSSR count). The molecule has 0 spiro atoms. The zero-order valence-electron chi connectivity index (χ0n) is 22.9. The number of nitrogens with zero attached hydrogens (tertiary/aromatic N) is 4. The first kappa shape index (κ1) is 28.1. The monoisotopic (exact) mass is 554 g/mol. The average Bonchev–Trinajstić information content (AvgIpc) is 3.69. The lowest BCUT2D eigenvalue weighted by Crippen LogP contribution is -2.37. The number of methoxy groups -OCH3 is 1. The Balaban J connectivity index is 1.42. The summed E-state index contributed by atoms with van der Waals surface area (Å²) < 4.78 is 34.8. The quantitative estimate of drug-likeness (QED) is 0.348. The molecule has 0 aliphatic heterocycles. The molecule has 2 amide bonds. The highest BCUT2D eigenvalue weighted by Gasteiger charge is 2.39. The Hall–Kier alpha value is -3.47. The van der Waals surface area contributed by atoms with Gasteiger partial charge in [-0.2, -0.15) is 5.10 Å². The zero-order valence-corrected chi connectivity index (χ0v) is 22.9. The number of imidazole rings is 1. The Morgan fingerprint density at radius 3 is 2.52 bits per heavy atom. The molecule has 0 saturated heterocycles. The van der Waals surface area contributed by atoms with Gasteiger partial charge in [0.2, 0.25) is 11.8 Å². The maximum absolute atomic E-state index is 14.0. The molecule has 0 aromatic carbocycles. The van der Waals surface area contributed by atoms with Crippen LogP contribution in [0.4, 0.5) is 8.78 Å². The fourth-order valence-electron chi connectivity index (χ4n) is 5.52. The maximum Gasteiger partial charge on any atom is 0.253 e. The lowest BCUT2D eigenvalue weighted by molar-refractivity contribution is -0.122. The van der Waals surface area contributed by atoms with Crippen molar-refractivity contribution in [3.05, 3.63) is 59.3 Å². The number of fused-ring (bicyclic) bond motifs is 1. The summed E-state index contributed by atoms with van der Waals surface area (Å²) in [7, 11) is 1.57. The molecule has 2 aliphatic rings. The molecular formula is C29H36F2N6O3. The van der Waals surface area contributed by atoms with Crippen LogP contribution >= 0.6 is 0 Å². The fourth-order valence-corrected chi connectivity index (χ4v) is 5.52. The molecule has 3 aromatic rings. The Bertz CT molecular complexity index is 1350. The minimum atomic E-state index is -2.70. The van der Waals surface area contributed by atoms with Crippen LogP contribution in [0.15, 0.2) is 36.9 Å². The number of carbonyl (C=O) groups excluding carboxylic acids is 2. The van der Waals surface area contributed by atoms with Crippen LogP contribution < -0.4 is 10.6 Å². The van der Waals surface area contributed by atoms with Crippen molar-refractivity contribution >= 4 is 17.5 Å².